The Hall–Kier alpha value is -1.35. The lowest BCUT2D eigenvalue weighted by molar-refractivity contribution is 0.0784. The Bertz CT molecular complexity index is 458. The summed E-state index contributed by atoms with van der Waals surface area (Å²) < 4.78 is 0. The summed E-state index contributed by atoms with van der Waals surface area (Å²) in [6.07, 6.45) is 3.42. The van der Waals surface area contributed by atoms with Gasteiger partial charge in [0.1, 0.15) is 0 Å². The molecular formula is C16H22N2O. The van der Waals surface area contributed by atoms with Crippen molar-refractivity contribution in [3.8, 4) is 0 Å². The molecule has 0 radical (unpaired) electrons. The van der Waals surface area contributed by atoms with Gasteiger partial charge in [-0.2, -0.15) is 0 Å². The Balaban J connectivity index is 1.77. The highest BCUT2D eigenvalue weighted by atomic mass is 16.2. The van der Waals surface area contributed by atoms with E-state index < -0.39 is 0 Å². The number of nitrogens with zero attached hydrogens (tertiary/aromatic N) is 1. The average Bonchev–Trinajstić information content (AvgIpc) is 2.90. The largest absolute Gasteiger partial charge is 0.337 e. The third-order valence-electron chi connectivity index (χ3n) is 4.52. The monoisotopic (exact) mass is 258 g/mol. The van der Waals surface area contributed by atoms with Gasteiger partial charge in [0.15, 0.2) is 0 Å². The molecule has 102 valence electrons. The molecule has 0 unspecified atom stereocenters. The number of nitrogens with one attached hydrogen (secondary N) is 1. The van der Waals surface area contributed by atoms with Crippen LogP contribution in [0.3, 0.4) is 0 Å². The predicted octanol–water partition coefficient (Wildman–Crippen LogP) is 2.07. The molecule has 0 bridgehead atoms. The zero-order chi connectivity index (χ0) is 13.2. The van der Waals surface area contributed by atoms with Gasteiger partial charge in [-0.1, -0.05) is 25.1 Å². The minimum Gasteiger partial charge on any atom is -0.337 e. The number of hydrogen-bond acceptors (Lipinski definition) is 2. The maximum absolute atomic E-state index is 12.7. The topological polar surface area (TPSA) is 32.3 Å². The van der Waals surface area contributed by atoms with Crippen LogP contribution in [0.4, 0.5) is 0 Å². The van der Waals surface area contributed by atoms with Crippen molar-refractivity contribution in [1.82, 2.24) is 10.2 Å². The Kier molecular flexibility index (Phi) is 3.56. The van der Waals surface area contributed by atoms with Gasteiger partial charge in [0, 0.05) is 24.7 Å². The van der Waals surface area contributed by atoms with Gasteiger partial charge in [-0.05, 0) is 43.4 Å². The number of rotatable bonds is 2. The van der Waals surface area contributed by atoms with Gasteiger partial charge in [0.2, 0.25) is 0 Å². The van der Waals surface area contributed by atoms with Crippen molar-refractivity contribution in [2.75, 3.05) is 19.6 Å². The summed E-state index contributed by atoms with van der Waals surface area (Å²) in [5.74, 6) is 0.875. The molecule has 2 saturated heterocycles. The molecule has 19 heavy (non-hydrogen) atoms. The van der Waals surface area contributed by atoms with Gasteiger partial charge >= 0.3 is 0 Å². The number of carbonyl (C=O) groups excluding carboxylic acids is 1. The number of piperidine rings is 1. The third-order valence-corrected chi connectivity index (χ3v) is 4.52. The maximum atomic E-state index is 12.7. The SMILES string of the molecule is CCc1ccccc1C(=O)N1C[C@@H]2CCCN[C@@H]2C1. The van der Waals surface area contributed by atoms with Crippen LogP contribution in [0.15, 0.2) is 24.3 Å². The molecule has 2 aliphatic rings. The van der Waals surface area contributed by atoms with E-state index in [9.17, 15) is 4.79 Å². The molecule has 2 atom stereocenters. The summed E-state index contributed by atoms with van der Waals surface area (Å²) in [5, 5.41) is 3.55. The molecule has 1 aromatic carbocycles. The fourth-order valence-electron chi connectivity index (χ4n) is 3.42. The molecule has 2 aliphatic heterocycles. The molecule has 1 aromatic rings. The van der Waals surface area contributed by atoms with Crippen LogP contribution >= 0.6 is 0 Å². The van der Waals surface area contributed by atoms with Crippen LogP contribution in [0, 0.1) is 5.92 Å². The molecule has 0 saturated carbocycles. The summed E-state index contributed by atoms with van der Waals surface area (Å²) in [7, 11) is 0. The highest BCUT2D eigenvalue weighted by molar-refractivity contribution is 5.96. The van der Waals surface area contributed by atoms with E-state index in [4.69, 9.17) is 0 Å². The van der Waals surface area contributed by atoms with Crippen molar-refractivity contribution in [1.29, 1.82) is 0 Å². The van der Waals surface area contributed by atoms with E-state index in [1.54, 1.807) is 0 Å². The quantitative estimate of drug-likeness (QED) is 0.881. The number of fused-ring (bicyclic) bond motifs is 1. The second kappa shape index (κ2) is 5.33. The first-order valence-corrected chi connectivity index (χ1v) is 7.40. The number of hydrogen-bond donors (Lipinski definition) is 1. The zero-order valence-corrected chi connectivity index (χ0v) is 11.6. The summed E-state index contributed by atoms with van der Waals surface area (Å²) in [5.41, 5.74) is 2.05. The smallest absolute Gasteiger partial charge is 0.254 e. The van der Waals surface area contributed by atoms with E-state index in [0.717, 1.165) is 37.2 Å². The highest BCUT2D eigenvalue weighted by Crippen LogP contribution is 2.26. The van der Waals surface area contributed by atoms with Crippen LogP contribution in [0.2, 0.25) is 0 Å². The van der Waals surface area contributed by atoms with Crippen LogP contribution in [0.5, 0.6) is 0 Å². The molecule has 3 heteroatoms. The lowest BCUT2D eigenvalue weighted by atomic mass is 9.94. The predicted molar refractivity (Wildman–Crippen MR) is 76.2 cm³/mol. The second-order valence-corrected chi connectivity index (χ2v) is 5.68. The van der Waals surface area contributed by atoms with Gasteiger partial charge in [0.25, 0.3) is 5.91 Å². The first-order valence-electron chi connectivity index (χ1n) is 7.40. The van der Waals surface area contributed by atoms with Gasteiger partial charge in [-0.15, -0.1) is 0 Å². The molecular weight excluding hydrogens is 236 g/mol. The van der Waals surface area contributed by atoms with Crippen LogP contribution in [-0.2, 0) is 6.42 Å². The first kappa shape index (κ1) is 12.7. The lowest BCUT2D eigenvalue weighted by Crippen LogP contribution is -2.41. The van der Waals surface area contributed by atoms with Crippen LogP contribution < -0.4 is 5.32 Å². The lowest BCUT2D eigenvalue weighted by Gasteiger charge is -2.24. The molecule has 1 amide bonds. The number of benzene rings is 1. The highest BCUT2D eigenvalue weighted by Gasteiger charge is 2.36. The van der Waals surface area contributed by atoms with Crippen molar-refractivity contribution in [2.45, 2.75) is 32.2 Å². The number of aryl methyl sites for hydroxylation is 1. The van der Waals surface area contributed by atoms with Crippen LogP contribution in [0.1, 0.15) is 35.7 Å². The molecule has 2 heterocycles. The molecule has 2 fully saturated rings. The van der Waals surface area contributed by atoms with Gasteiger partial charge in [0.05, 0.1) is 0 Å². The minimum atomic E-state index is 0.216. The van der Waals surface area contributed by atoms with E-state index in [0.29, 0.717) is 12.0 Å². The van der Waals surface area contributed by atoms with Crippen molar-refractivity contribution in [3.63, 3.8) is 0 Å². The fourth-order valence-corrected chi connectivity index (χ4v) is 3.42. The number of amides is 1. The molecule has 1 N–H and O–H groups in total. The van der Waals surface area contributed by atoms with Gasteiger partial charge in [-0.3, -0.25) is 4.79 Å². The summed E-state index contributed by atoms with van der Waals surface area (Å²) >= 11 is 0. The molecule has 0 spiro atoms. The van der Waals surface area contributed by atoms with Crippen LogP contribution in [0.25, 0.3) is 0 Å². The maximum Gasteiger partial charge on any atom is 0.254 e. The van der Waals surface area contributed by atoms with E-state index in [-0.39, 0.29) is 5.91 Å². The molecule has 0 aliphatic carbocycles. The molecule has 0 aromatic heterocycles. The Morgan fingerprint density at radius 3 is 3.00 bits per heavy atom. The Labute approximate surface area is 115 Å². The standard InChI is InChI=1S/C16H22N2O/c1-2-12-6-3-4-8-14(12)16(19)18-10-13-7-5-9-17-15(13)11-18/h3-4,6,8,13,15,17H,2,5,7,9-11H2,1H3/t13-,15+/m0/s1. The van der Waals surface area contributed by atoms with Gasteiger partial charge < -0.3 is 10.2 Å². The Morgan fingerprint density at radius 1 is 1.37 bits per heavy atom. The average molecular weight is 258 g/mol. The molecule has 3 nitrogen and oxygen atoms in total. The van der Waals surface area contributed by atoms with Crippen molar-refractivity contribution < 1.29 is 4.79 Å². The summed E-state index contributed by atoms with van der Waals surface area (Å²) in [6.45, 7) is 5.02. The Morgan fingerprint density at radius 2 is 2.21 bits per heavy atom. The second-order valence-electron chi connectivity index (χ2n) is 5.68. The summed E-state index contributed by atoms with van der Waals surface area (Å²) in [6, 6.07) is 8.53. The van der Waals surface area contributed by atoms with E-state index in [2.05, 4.69) is 18.3 Å². The molecule has 3 rings (SSSR count). The van der Waals surface area contributed by atoms with E-state index in [1.807, 2.05) is 23.1 Å². The third kappa shape index (κ3) is 2.39. The van der Waals surface area contributed by atoms with Crippen molar-refractivity contribution in [3.05, 3.63) is 35.4 Å². The van der Waals surface area contributed by atoms with Gasteiger partial charge in [-0.25, -0.2) is 0 Å². The summed E-state index contributed by atoms with van der Waals surface area (Å²) in [4.78, 5) is 14.7. The zero-order valence-electron chi connectivity index (χ0n) is 11.6. The van der Waals surface area contributed by atoms with E-state index in [1.165, 1.54) is 12.8 Å². The minimum absolute atomic E-state index is 0.216. The normalized spacial score (nSPS) is 26.3. The first-order chi connectivity index (χ1) is 9.29. The number of carbonyl (C=O) groups is 1. The van der Waals surface area contributed by atoms with E-state index >= 15 is 0 Å². The number of likely N-dealkylation sites (tertiary alicyclic amines) is 1. The van der Waals surface area contributed by atoms with Crippen molar-refractivity contribution in [2.24, 2.45) is 5.92 Å². The van der Waals surface area contributed by atoms with Crippen LogP contribution in [-0.4, -0.2) is 36.5 Å². The van der Waals surface area contributed by atoms with Crippen molar-refractivity contribution >= 4 is 5.91 Å². The fraction of sp³-hybridized carbons (Fsp3) is 0.562.